The summed E-state index contributed by atoms with van der Waals surface area (Å²) in [6.45, 7) is 2.53. The Balaban J connectivity index is 1.64. The summed E-state index contributed by atoms with van der Waals surface area (Å²) in [5.41, 5.74) is 4.75. The molecule has 0 saturated carbocycles. The maximum Gasteiger partial charge on any atom is 0.231 e. The molecule has 0 aliphatic rings. The van der Waals surface area contributed by atoms with Gasteiger partial charge in [0.1, 0.15) is 11.3 Å². The maximum atomic E-state index is 13.3. The Morgan fingerprint density at radius 3 is 2.48 bits per heavy atom. The van der Waals surface area contributed by atoms with Crippen molar-refractivity contribution in [3.05, 3.63) is 95.7 Å². The fraction of sp³-hybridized carbons (Fsp3) is 0.160. The molecule has 0 bridgehead atoms. The third-order valence-corrected chi connectivity index (χ3v) is 5.02. The van der Waals surface area contributed by atoms with Crippen LogP contribution in [0.5, 0.6) is 5.75 Å². The smallest absolute Gasteiger partial charge is 0.231 e. The first kappa shape index (κ1) is 18.8. The van der Waals surface area contributed by atoms with Crippen molar-refractivity contribution in [3.63, 3.8) is 0 Å². The largest absolute Gasteiger partial charge is 0.497 e. The van der Waals surface area contributed by atoms with E-state index in [1.54, 1.807) is 13.4 Å². The Kier molecular flexibility index (Phi) is 5.34. The molecule has 4 rings (SSSR count). The number of furan rings is 1. The first-order chi connectivity index (χ1) is 14.1. The summed E-state index contributed by atoms with van der Waals surface area (Å²) in [6, 6.07) is 23.6. The molecule has 4 nitrogen and oxygen atoms in total. The third kappa shape index (κ3) is 4.16. The summed E-state index contributed by atoms with van der Waals surface area (Å²) in [5.74, 6) is 0.777. The fourth-order valence-electron chi connectivity index (χ4n) is 3.44. The molecule has 0 spiro atoms. The lowest BCUT2D eigenvalue weighted by Gasteiger charge is -2.23. The molecule has 4 heteroatoms. The fourth-order valence-corrected chi connectivity index (χ4v) is 3.44. The van der Waals surface area contributed by atoms with E-state index < -0.39 is 0 Å². The molecule has 4 aromatic rings. The lowest BCUT2D eigenvalue weighted by molar-refractivity contribution is -0.118. The van der Waals surface area contributed by atoms with Crippen molar-refractivity contribution in [2.75, 3.05) is 12.0 Å². The minimum absolute atomic E-state index is 0.0160. The first-order valence-corrected chi connectivity index (χ1v) is 9.59. The van der Waals surface area contributed by atoms with Gasteiger partial charge in [-0.3, -0.25) is 4.79 Å². The highest BCUT2D eigenvalue weighted by Gasteiger charge is 2.19. The van der Waals surface area contributed by atoms with Crippen LogP contribution in [-0.2, 0) is 17.8 Å². The average molecular weight is 385 g/mol. The Morgan fingerprint density at radius 1 is 1.00 bits per heavy atom. The summed E-state index contributed by atoms with van der Waals surface area (Å²) in [6.07, 6.45) is 1.96. The summed E-state index contributed by atoms with van der Waals surface area (Å²) in [4.78, 5) is 15.1. The number of fused-ring (bicyclic) bond motifs is 1. The zero-order valence-electron chi connectivity index (χ0n) is 16.6. The summed E-state index contributed by atoms with van der Waals surface area (Å²) < 4.78 is 10.9. The van der Waals surface area contributed by atoms with E-state index in [4.69, 9.17) is 9.15 Å². The standard InChI is InChI=1S/C25H23NO3/c1-18-8-13-23-20(17-29-24(23)14-18)15-25(27)26(16-19-6-4-3-5-7-19)21-9-11-22(28-2)12-10-21/h3-14,17H,15-16H2,1-2H3. The Morgan fingerprint density at radius 2 is 1.76 bits per heavy atom. The van der Waals surface area contributed by atoms with Gasteiger partial charge >= 0.3 is 0 Å². The molecule has 1 heterocycles. The van der Waals surface area contributed by atoms with Gasteiger partial charge in [-0.05, 0) is 48.4 Å². The van der Waals surface area contributed by atoms with Crippen LogP contribution in [0.1, 0.15) is 16.7 Å². The Labute approximate surface area is 170 Å². The van der Waals surface area contributed by atoms with Gasteiger partial charge in [-0.1, -0.05) is 42.5 Å². The quantitative estimate of drug-likeness (QED) is 0.438. The first-order valence-electron chi connectivity index (χ1n) is 9.59. The number of nitrogens with zero attached hydrogens (tertiary/aromatic N) is 1. The predicted octanol–water partition coefficient (Wildman–Crippen LogP) is 5.53. The van der Waals surface area contributed by atoms with Crippen molar-refractivity contribution < 1.29 is 13.9 Å². The number of methoxy groups -OCH3 is 1. The van der Waals surface area contributed by atoms with Crippen LogP contribution in [0, 0.1) is 6.92 Å². The van der Waals surface area contributed by atoms with E-state index in [0.717, 1.165) is 39.1 Å². The monoisotopic (exact) mass is 385 g/mol. The van der Waals surface area contributed by atoms with Crippen LogP contribution in [0.3, 0.4) is 0 Å². The van der Waals surface area contributed by atoms with Crippen LogP contribution in [0.15, 0.2) is 83.5 Å². The van der Waals surface area contributed by atoms with Crippen LogP contribution in [0.4, 0.5) is 5.69 Å². The maximum absolute atomic E-state index is 13.3. The second-order valence-corrected chi connectivity index (χ2v) is 7.10. The number of carbonyl (C=O) groups excluding carboxylic acids is 1. The Bertz CT molecular complexity index is 1110. The second kappa shape index (κ2) is 8.23. The van der Waals surface area contributed by atoms with Crippen LogP contribution >= 0.6 is 0 Å². The van der Waals surface area contributed by atoms with E-state index in [0.29, 0.717) is 6.54 Å². The zero-order valence-corrected chi connectivity index (χ0v) is 16.6. The van der Waals surface area contributed by atoms with Gasteiger partial charge in [0.2, 0.25) is 5.91 Å². The van der Waals surface area contributed by atoms with E-state index >= 15 is 0 Å². The second-order valence-electron chi connectivity index (χ2n) is 7.10. The molecule has 0 fully saturated rings. The number of benzene rings is 3. The van der Waals surface area contributed by atoms with Crippen LogP contribution in [-0.4, -0.2) is 13.0 Å². The number of hydrogen-bond donors (Lipinski definition) is 0. The van der Waals surface area contributed by atoms with E-state index in [9.17, 15) is 4.79 Å². The molecule has 146 valence electrons. The summed E-state index contributed by atoms with van der Waals surface area (Å²) in [7, 11) is 1.63. The molecular formula is C25H23NO3. The summed E-state index contributed by atoms with van der Waals surface area (Å²) >= 11 is 0. The number of hydrogen-bond acceptors (Lipinski definition) is 3. The van der Waals surface area contributed by atoms with Crippen molar-refractivity contribution >= 4 is 22.6 Å². The van der Waals surface area contributed by atoms with Crippen molar-refractivity contribution in [1.82, 2.24) is 0 Å². The van der Waals surface area contributed by atoms with Gasteiger partial charge in [-0.15, -0.1) is 0 Å². The highest BCUT2D eigenvalue weighted by molar-refractivity contribution is 5.97. The molecule has 29 heavy (non-hydrogen) atoms. The lowest BCUT2D eigenvalue weighted by Crippen LogP contribution is -2.31. The van der Waals surface area contributed by atoms with Crippen LogP contribution in [0.25, 0.3) is 11.0 Å². The third-order valence-electron chi connectivity index (χ3n) is 5.02. The SMILES string of the molecule is COc1ccc(N(Cc2ccccc2)C(=O)Cc2coc3cc(C)ccc23)cc1. The molecule has 0 radical (unpaired) electrons. The number of anilines is 1. The zero-order chi connectivity index (χ0) is 20.2. The van der Waals surface area contributed by atoms with Crippen LogP contribution in [0.2, 0.25) is 0 Å². The minimum Gasteiger partial charge on any atom is -0.497 e. The Hall–Kier alpha value is -3.53. The van der Waals surface area contributed by atoms with E-state index in [1.165, 1.54) is 0 Å². The van der Waals surface area contributed by atoms with E-state index in [-0.39, 0.29) is 12.3 Å². The highest BCUT2D eigenvalue weighted by atomic mass is 16.5. The molecular weight excluding hydrogens is 362 g/mol. The van der Waals surface area contributed by atoms with Gasteiger partial charge in [0, 0.05) is 16.6 Å². The van der Waals surface area contributed by atoms with Crippen LogP contribution < -0.4 is 9.64 Å². The summed E-state index contributed by atoms with van der Waals surface area (Å²) in [5, 5.41) is 0.985. The topological polar surface area (TPSA) is 42.7 Å². The number of rotatable bonds is 6. The number of aryl methyl sites for hydroxylation is 1. The van der Waals surface area contributed by atoms with E-state index in [2.05, 4.69) is 0 Å². The highest BCUT2D eigenvalue weighted by Crippen LogP contribution is 2.26. The number of carbonyl (C=O) groups is 1. The predicted molar refractivity (Wildman–Crippen MR) is 115 cm³/mol. The lowest BCUT2D eigenvalue weighted by atomic mass is 10.1. The normalized spacial score (nSPS) is 10.8. The molecule has 0 atom stereocenters. The van der Waals surface area contributed by atoms with Crippen molar-refractivity contribution in [1.29, 1.82) is 0 Å². The number of amides is 1. The number of ether oxygens (including phenoxy) is 1. The minimum atomic E-state index is 0.0160. The molecule has 3 aromatic carbocycles. The molecule has 0 N–H and O–H groups in total. The van der Waals surface area contributed by atoms with Gasteiger partial charge in [0.15, 0.2) is 0 Å². The van der Waals surface area contributed by atoms with E-state index in [1.807, 2.05) is 84.6 Å². The molecule has 0 saturated heterocycles. The molecule has 1 amide bonds. The molecule has 0 aliphatic carbocycles. The van der Waals surface area contributed by atoms with Gasteiger partial charge in [-0.25, -0.2) is 0 Å². The van der Waals surface area contributed by atoms with Gasteiger partial charge in [0.05, 0.1) is 26.3 Å². The van der Waals surface area contributed by atoms with Gasteiger partial charge in [0.25, 0.3) is 0 Å². The van der Waals surface area contributed by atoms with Gasteiger partial charge in [-0.2, -0.15) is 0 Å². The molecule has 0 unspecified atom stereocenters. The van der Waals surface area contributed by atoms with Crippen molar-refractivity contribution in [2.45, 2.75) is 19.9 Å². The van der Waals surface area contributed by atoms with Gasteiger partial charge < -0.3 is 14.1 Å². The van der Waals surface area contributed by atoms with Crippen molar-refractivity contribution in [2.24, 2.45) is 0 Å². The van der Waals surface area contributed by atoms with Crippen molar-refractivity contribution in [3.8, 4) is 5.75 Å². The molecule has 0 aliphatic heterocycles. The molecule has 1 aromatic heterocycles. The average Bonchev–Trinajstić information content (AvgIpc) is 3.14.